The molecule has 0 bridgehead atoms. The third-order valence-corrected chi connectivity index (χ3v) is 8.60. The monoisotopic (exact) mass is 553 g/mol. The Morgan fingerprint density at radius 3 is 2.37 bits per heavy atom. The van der Waals surface area contributed by atoms with Crippen LogP contribution in [0, 0.1) is 0 Å². The van der Waals surface area contributed by atoms with E-state index in [1.807, 2.05) is 7.05 Å². The van der Waals surface area contributed by atoms with Gasteiger partial charge in [-0.05, 0) is 87.3 Å². The molecule has 2 saturated heterocycles. The molecule has 2 aromatic rings. The zero-order chi connectivity index (χ0) is 27.9. The first-order valence-corrected chi connectivity index (χ1v) is 13.2. The van der Waals surface area contributed by atoms with Gasteiger partial charge in [-0.15, -0.1) is 0 Å². The van der Waals surface area contributed by atoms with Gasteiger partial charge in [0.2, 0.25) is 6.41 Å². The summed E-state index contributed by atoms with van der Waals surface area (Å²) in [6.07, 6.45) is 5.30. The molecule has 2 N–H and O–H groups in total. The van der Waals surface area contributed by atoms with Crippen molar-refractivity contribution in [2.24, 2.45) is 0 Å². The molecule has 2 unspecified atom stereocenters. The van der Waals surface area contributed by atoms with E-state index >= 15 is 0 Å². The van der Waals surface area contributed by atoms with Crippen LogP contribution in [0.4, 0.5) is 23.7 Å². The molecule has 0 saturated carbocycles. The summed E-state index contributed by atoms with van der Waals surface area (Å²) >= 11 is 0. The maximum atomic E-state index is 13.7. The highest BCUT2D eigenvalue weighted by Gasteiger charge is 2.54. The summed E-state index contributed by atoms with van der Waals surface area (Å²) in [6, 6.07) is 3.05. The molecular formula is C24H26F3N5O5S. The van der Waals surface area contributed by atoms with Gasteiger partial charge in [0.1, 0.15) is 5.54 Å². The van der Waals surface area contributed by atoms with Crippen LogP contribution < -0.4 is 15.5 Å². The molecule has 0 radical (unpaired) electrons. The lowest BCUT2D eigenvalue weighted by Gasteiger charge is -2.35. The smallest absolute Gasteiger partial charge is 0.349 e. The van der Waals surface area contributed by atoms with Gasteiger partial charge in [0, 0.05) is 12.4 Å². The number of carbonyl (C=O) groups excluding carboxylic acids is 3. The normalized spacial score (nSPS) is 22.3. The van der Waals surface area contributed by atoms with Gasteiger partial charge in [-0.3, -0.25) is 14.6 Å². The van der Waals surface area contributed by atoms with Gasteiger partial charge >= 0.3 is 11.5 Å². The van der Waals surface area contributed by atoms with Crippen LogP contribution in [0.2, 0.25) is 0 Å². The highest BCUT2D eigenvalue weighted by Crippen LogP contribution is 2.39. The van der Waals surface area contributed by atoms with Crippen LogP contribution in [0.25, 0.3) is 0 Å². The van der Waals surface area contributed by atoms with E-state index < -0.39 is 43.8 Å². The summed E-state index contributed by atoms with van der Waals surface area (Å²) in [6.45, 7) is 3.15. The van der Waals surface area contributed by atoms with Crippen molar-refractivity contribution in [1.29, 1.82) is 0 Å². The van der Waals surface area contributed by atoms with E-state index in [4.69, 9.17) is 0 Å². The fraction of sp³-hybridized carbons (Fsp3) is 0.417. The molecule has 14 heteroatoms. The molecule has 10 nitrogen and oxygen atoms in total. The van der Waals surface area contributed by atoms with E-state index in [0.29, 0.717) is 29.0 Å². The van der Waals surface area contributed by atoms with Crippen LogP contribution in [-0.4, -0.2) is 67.8 Å². The van der Waals surface area contributed by atoms with Crippen LogP contribution in [0.5, 0.6) is 0 Å². The molecule has 0 aliphatic carbocycles. The zero-order valence-corrected chi connectivity index (χ0v) is 21.3. The first-order valence-electron chi connectivity index (χ1n) is 11.7. The number of carbonyl (C=O) groups is 3. The molecule has 2 aliphatic rings. The predicted molar refractivity (Wildman–Crippen MR) is 130 cm³/mol. The SMILES string of the molecule is CN1CCC(c2cnccc2C(NC=O)C2(C)NC(=O)N(c3ccc(S(=O)(=O)C(F)(F)F)cc3)C2=O)CC1. The number of pyridine rings is 1. The molecule has 4 rings (SSSR count). The van der Waals surface area contributed by atoms with Gasteiger partial charge in [-0.25, -0.2) is 18.1 Å². The van der Waals surface area contributed by atoms with Crippen LogP contribution in [-0.2, 0) is 19.4 Å². The number of sulfone groups is 1. The number of nitrogens with one attached hydrogen (secondary N) is 2. The first-order chi connectivity index (χ1) is 17.8. The van der Waals surface area contributed by atoms with Gasteiger partial charge in [-0.1, -0.05) is 0 Å². The summed E-state index contributed by atoms with van der Waals surface area (Å²) in [4.78, 5) is 44.4. The van der Waals surface area contributed by atoms with Crippen molar-refractivity contribution in [1.82, 2.24) is 20.5 Å². The second-order valence-electron chi connectivity index (χ2n) is 9.52. The number of benzene rings is 1. The van der Waals surface area contributed by atoms with Crippen LogP contribution in [0.1, 0.15) is 42.9 Å². The largest absolute Gasteiger partial charge is 0.501 e. The molecule has 38 heavy (non-hydrogen) atoms. The van der Waals surface area contributed by atoms with E-state index in [2.05, 4.69) is 20.5 Å². The van der Waals surface area contributed by atoms with Crippen molar-refractivity contribution in [2.75, 3.05) is 25.0 Å². The lowest BCUT2D eigenvalue weighted by molar-refractivity contribution is -0.123. The quantitative estimate of drug-likeness (QED) is 0.398. The Balaban J connectivity index is 1.69. The number of piperidine rings is 1. The van der Waals surface area contributed by atoms with Crippen molar-refractivity contribution in [3.63, 3.8) is 0 Å². The number of hydrogen-bond donors (Lipinski definition) is 2. The molecule has 1 aromatic heterocycles. The fourth-order valence-electron chi connectivity index (χ4n) is 4.97. The standard InChI is InChI=1S/C24H26F3N5O5S/c1-23(20(29-14-33)18-7-10-28-13-19(18)15-8-11-31(2)12-9-15)21(34)32(22(35)30-23)16-3-5-17(6-4-16)38(36,37)24(25,26)27/h3-7,10,13-15,20H,8-9,11-12H2,1-2H3,(H,29,33)(H,30,35). The number of amides is 4. The van der Waals surface area contributed by atoms with Crippen LogP contribution in [0.15, 0.2) is 47.6 Å². The molecule has 2 fully saturated rings. The molecule has 3 heterocycles. The van der Waals surface area contributed by atoms with Crippen molar-refractivity contribution >= 4 is 33.9 Å². The molecular weight excluding hydrogens is 527 g/mol. The van der Waals surface area contributed by atoms with Gasteiger partial charge < -0.3 is 15.5 Å². The third kappa shape index (κ3) is 4.73. The lowest BCUT2D eigenvalue weighted by atomic mass is 9.80. The molecule has 2 aliphatic heterocycles. The molecule has 204 valence electrons. The van der Waals surface area contributed by atoms with E-state index in [1.54, 1.807) is 12.3 Å². The third-order valence-electron chi connectivity index (χ3n) is 7.10. The fourth-order valence-corrected chi connectivity index (χ4v) is 5.73. The number of imide groups is 1. The minimum absolute atomic E-state index is 0.112. The highest BCUT2D eigenvalue weighted by molar-refractivity contribution is 7.92. The van der Waals surface area contributed by atoms with Crippen molar-refractivity contribution < 1.29 is 36.0 Å². The van der Waals surface area contributed by atoms with Gasteiger partial charge in [-0.2, -0.15) is 13.2 Å². The number of likely N-dealkylation sites (tertiary alicyclic amines) is 1. The Morgan fingerprint density at radius 1 is 1.16 bits per heavy atom. The Kier molecular flexibility index (Phi) is 7.23. The average molecular weight is 554 g/mol. The first kappa shape index (κ1) is 27.5. The summed E-state index contributed by atoms with van der Waals surface area (Å²) in [5, 5.41) is 5.26. The minimum atomic E-state index is -5.60. The Hall–Kier alpha value is -3.52. The number of aromatic nitrogens is 1. The second kappa shape index (κ2) is 9.98. The molecule has 1 aromatic carbocycles. The van der Waals surface area contributed by atoms with Gasteiger partial charge in [0.15, 0.2) is 0 Å². The summed E-state index contributed by atoms with van der Waals surface area (Å²) in [5.41, 5.74) is -5.87. The zero-order valence-electron chi connectivity index (χ0n) is 20.5. The molecule has 2 atom stereocenters. The maximum absolute atomic E-state index is 13.7. The summed E-state index contributed by atoms with van der Waals surface area (Å²) < 4.78 is 62.1. The number of nitrogens with zero attached hydrogens (tertiary/aromatic N) is 3. The minimum Gasteiger partial charge on any atom is -0.349 e. The predicted octanol–water partition coefficient (Wildman–Crippen LogP) is 2.49. The maximum Gasteiger partial charge on any atom is 0.501 e. The number of hydrogen-bond acceptors (Lipinski definition) is 7. The lowest BCUT2D eigenvalue weighted by Crippen LogP contribution is -2.54. The second-order valence-corrected chi connectivity index (χ2v) is 11.5. The number of halogens is 3. The summed E-state index contributed by atoms with van der Waals surface area (Å²) in [5.74, 6) is -0.666. The Morgan fingerprint density at radius 2 is 1.79 bits per heavy atom. The summed E-state index contributed by atoms with van der Waals surface area (Å²) in [7, 11) is -3.59. The van der Waals surface area contributed by atoms with Crippen molar-refractivity contribution in [2.45, 2.75) is 47.7 Å². The van der Waals surface area contributed by atoms with Crippen LogP contribution >= 0.6 is 0 Å². The number of anilines is 1. The van der Waals surface area contributed by atoms with Gasteiger partial charge in [0.25, 0.3) is 15.7 Å². The topological polar surface area (TPSA) is 129 Å². The molecule has 0 spiro atoms. The van der Waals surface area contributed by atoms with E-state index in [1.165, 1.54) is 13.1 Å². The van der Waals surface area contributed by atoms with Crippen molar-refractivity contribution in [3.05, 3.63) is 53.9 Å². The number of urea groups is 1. The number of rotatable bonds is 7. The van der Waals surface area contributed by atoms with E-state index in [9.17, 15) is 36.0 Å². The average Bonchev–Trinajstić information content (AvgIpc) is 3.10. The highest BCUT2D eigenvalue weighted by atomic mass is 32.2. The van der Waals surface area contributed by atoms with Crippen molar-refractivity contribution in [3.8, 4) is 0 Å². The Bertz CT molecular complexity index is 1340. The molecule has 4 amide bonds. The van der Waals surface area contributed by atoms with Gasteiger partial charge in [0.05, 0.1) is 16.6 Å². The van der Waals surface area contributed by atoms with E-state index in [-0.39, 0.29) is 11.6 Å². The van der Waals surface area contributed by atoms with E-state index in [0.717, 1.165) is 43.6 Å². The van der Waals surface area contributed by atoms with Crippen LogP contribution in [0.3, 0.4) is 0 Å². The Labute approximate surface area is 217 Å². The number of alkyl halides is 3.